The van der Waals surface area contributed by atoms with Crippen molar-refractivity contribution in [3.63, 3.8) is 0 Å². The average Bonchev–Trinajstić information content (AvgIpc) is 3.30. The van der Waals surface area contributed by atoms with Crippen molar-refractivity contribution in [3.05, 3.63) is 64.7 Å². The minimum absolute atomic E-state index is 0.467. The molecule has 0 saturated carbocycles. The number of nitrogens with zero attached hydrogens (tertiary/aromatic N) is 4. The van der Waals surface area contributed by atoms with Gasteiger partial charge in [-0.25, -0.2) is 4.98 Å². The SMILES string of the molecule is N#Cc1c(-c2ccncc2)sc(-c2ncn[nH]2)c1-c1ccc(Cl)cc1Cl. The van der Waals surface area contributed by atoms with Crippen LogP contribution in [0.4, 0.5) is 0 Å². The van der Waals surface area contributed by atoms with Crippen molar-refractivity contribution < 1.29 is 0 Å². The summed E-state index contributed by atoms with van der Waals surface area (Å²) in [4.78, 5) is 9.91. The van der Waals surface area contributed by atoms with Crippen LogP contribution in [0.15, 0.2) is 49.1 Å². The average molecular weight is 398 g/mol. The van der Waals surface area contributed by atoms with Crippen molar-refractivity contribution in [1.82, 2.24) is 20.2 Å². The molecular formula is C18H9Cl2N5S. The standard InChI is InChI=1S/C18H9Cl2N5S/c19-11-1-2-12(14(20)7-11)15-13(8-21)16(10-3-5-22-6-4-10)26-17(15)18-23-9-24-25-18/h1-7,9H,(H,23,24,25). The first-order valence-corrected chi connectivity index (χ1v) is 9.04. The molecule has 3 aromatic heterocycles. The molecule has 0 bridgehead atoms. The highest BCUT2D eigenvalue weighted by atomic mass is 35.5. The number of benzene rings is 1. The zero-order valence-corrected chi connectivity index (χ0v) is 15.4. The number of hydrogen-bond acceptors (Lipinski definition) is 5. The normalized spacial score (nSPS) is 10.7. The summed E-state index contributed by atoms with van der Waals surface area (Å²) in [5.74, 6) is 0.577. The molecule has 0 atom stereocenters. The van der Waals surface area contributed by atoms with Crippen LogP contribution in [0.25, 0.3) is 32.3 Å². The first-order valence-electron chi connectivity index (χ1n) is 7.47. The molecular weight excluding hydrogens is 389 g/mol. The van der Waals surface area contributed by atoms with E-state index in [2.05, 4.69) is 26.2 Å². The molecule has 4 rings (SSSR count). The smallest absolute Gasteiger partial charge is 0.166 e. The van der Waals surface area contributed by atoms with E-state index in [0.717, 1.165) is 20.9 Å². The molecule has 0 spiro atoms. The number of pyridine rings is 1. The Bertz CT molecular complexity index is 1110. The molecule has 0 radical (unpaired) electrons. The van der Waals surface area contributed by atoms with E-state index < -0.39 is 0 Å². The summed E-state index contributed by atoms with van der Waals surface area (Å²) < 4.78 is 0. The highest BCUT2D eigenvalue weighted by molar-refractivity contribution is 7.19. The van der Waals surface area contributed by atoms with Crippen LogP contribution >= 0.6 is 34.5 Å². The molecule has 126 valence electrons. The zero-order valence-electron chi connectivity index (χ0n) is 13.1. The fourth-order valence-electron chi connectivity index (χ4n) is 2.68. The van der Waals surface area contributed by atoms with Crippen molar-refractivity contribution in [3.8, 4) is 38.3 Å². The summed E-state index contributed by atoms with van der Waals surface area (Å²) in [6.07, 6.45) is 4.82. The predicted molar refractivity (Wildman–Crippen MR) is 103 cm³/mol. The maximum atomic E-state index is 9.90. The van der Waals surface area contributed by atoms with Gasteiger partial charge < -0.3 is 0 Å². The van der Waals surface area contributed by atoms with Gasteiger partial charge >= 0.3 is 0 Å². The number of H-pyrrole nitrogens is 1. The minimum atomic E-state index is 0.467. The maximum Gasteiger partial charge on any atom is 0.166 e. The van der Waals surface area contributed by atoms with Crippen molar-refractivity contribution in [1.29, 1.82) is 5.26 Å². The van der Waals surface area contributed by atoms with E-state index in [1.165, 1.54) is 17.7 Å². The summed E-state index contributed by atoms with van der Waals surface area (Å²) in [5, 5.41) is 17.7. The van der Waals surface area contributed by atoms with Gasteiger partial charge in [0.1, 0.15) is 12.4 Å². The summed E-state index contributed by atoms with van der Waals surface area (Å²) in [6.45, 7) is 0. The molecule has 5 nitrogen and oxygen atoms in total. The Balaban J connectivity index is 2.06. The second-order valence-electron chi connectivity index (χ2n) is 5.32. The Kier molecular flexibility index (Phi) is 4.43. The lowest BCUT2D eigenvalue weighted by molar-refractivity contribution is 1.10. The molecule has 0 aliphatic heterocycles. The van der Waals surface area contributed by atoms with Crippen molar-refractivity contribution in [2.24, 2.45) is 0 Å². The first-order chi connectivity index (χ1) is 12.7. The monoisotopic (exact) mass is 397 g/mol. The lowest BCUT2D eigenvalue weighted by Crippen LogP contribution is -1.87. The molecule has 4 aromatic rings. The Morgan fingerprint density at radius 1 is 1.08 bits per heavy atom. The Morgan fingerprint density at radius 3 is 2.54 bits per heavy atom. The highest BCUT2D eigenvalue weighted by Crippen LogP contribution is 2.47. The quantitative estimate of drug-likeness (QED) is 0.498. The van der Waals surface area contributed by atoms with Crippen LogP contribution in [-0.4, -0.2) is 20.2 Å². The van der Waals surface area contributed by atoms with Gasteiger partial charge in [-0.15, -0.1) is 11.3 Å². The molecule has 1 aromatic carbocycles. The van der Waals surface area contributed by atoms with E-state index in [-0.39, 0.29) is 0 Å². The number of halogens is 2. The molecule has 0 fully saturated rings. The molecule has 0 saturated heterocycles. The van der Waals surface area contributed by atoms with Crippen molar-refractivity contribution in [2.75, 3.05) is 0 Å². The number of nitriles is 1. The third kappa shape index (κ3) is 2.86. The van der Waals surface area contributed by atoms with Gasteiger partial charge in [-0.2, -0.15) is 10.4 Å². The van der Waals surface area contributed by atoms with E-state index >= 15 is 0 Å². The third-order valence-electron chi connectivity index (χ3n) is 3.79. The molecule has 0 aliphatic rings. The lowest BCUT2D eigenvalue weighted by atomic mass is 9.98. The number of aromatic nitrogens is 4. The van der Waals surface area contributed by atoms with Crippen LogP contribution in [0.5, 0.6) is 0 Å². The number of rotatable bonds is 3. The van der Waals surface area contributed by atoms with Gasteiger partial charge in [-0.1, -0.05) is 29.3 Å². The van der Waals surface area contributed by atoms with Crippen molar-refractivity contribution >= 4 is 34.5 Å². The van der Waals surface area contributed by atoms with E-state index in [1.54, 1.807) is 24.5 Å². The lowest BCUT2D eigenvalue weighted by Gasteiger charge is -2.06. The Labute approximate surface area is 162 Å². The van der Waals surface area contributed by atoms with E-state index in [0.29, 0.717) is 27.0 Å². The molecule has 8 heteroatoms. The van der Waals surface area contributed by atoms with Gasteiger partial charge in [0.25, 0.3) is 0 Å². The van der Waals surface area contributed by atoms with Crippen LogP contribution in [0, 0.1) is 11.3 Å². The molecule has 0 unspecified atom stereocenters. The number of hydrogen-bond donors (Lipinski definition) is 1. The summed E-state index contributed by atoms with van der Waals surface area (Å²) in [5.41, 5.74) is 2.86. The molecule has 1 N–H and O–H groups in total. The Morgan fingerprint density at radius 2 is 1.88 bits per heavy atom. The number of aromatic amines is 1. The van der Waals surface area contributed by atoms with Gasteiger partial charge in [0.2, 0.25) is 0 Å². The van der Waals surface area contributed by atoms with Crippen molar-refractivity contribution in [2.45, 2.75) is 0 Å². The van der Waals surface area contributed by atoms with Gasteiger partial charge in [0.15, 0.2) is 5.82 Å². The summed E-state index contributed by atoms with van der Waals surface area (Å²) >= 11 is 13.9. The molecule has 26 heavy (non-hydrogen) atoms. The second-order valence-corrected chi connectivity index (χ2v) is 7.18. The minimum Gasteiger partial charge on any atom is -0.265 e. The van der Waals surface area contributed by atoms with E-state index in [9.17, 15) is 5.26 Å². The second kappa shape index (κ2) is 6.89. The van der Waals surface area contributed by atoms with Gasteiger partial charge in [0.05, 0.1) is 15.3 Å². The van der Waals surface area contributed by atoms with Crippen LogP contribution in [0.2, 0.25) is 10.0 Å². The van der Waals surface area contributed by atoms with Crippen LogP contribution in [0.1, 0.15) is 5.56 Å². The van der Waals surface area contributed by atoms with Crippen LogP contribution < -0.4 is 0 Å². The summed E-state index contributed by atoms with van der Waals surface area (Å²) in [6, 6.07) is 11.3. The van der Waals surface area contributed by atoms with Crippen LogP contribution in [-0.2, 0) is 0 Å². The third-order valence-corrected chi connectivity index (χ3v) is 5.59. The van der Waals surface area contributed by atoms with Gasteiger partial charge in [0, 0.05) is 33.6 Å². The van der Waals surface area contributed by atoms with E-state index in [1.807, 2.05) is 18.2 Å². The largest absolute Gasteiger partial charge is 0.265 e. The molecule has 0 amide bonds. The topological polar surface area (TPSA) is 78.2 Å². The van der Waals surface area contributed by atoms with Crippen LogP contribution in [0.3, 0.4) is 0 Å². The highest BCUT2D eigenvalue weighted by Gasteiger charge is 2.24. The fourth-order valence-corrected chi connectivity index (χ4v) is 4.40. The number of thiophene rings is 1. The molecule has 0 aliphatic carbocycles. The molecule has 3 heterocycles. The fraction of sp³-hybridized carbons (Fsp3) is 0. The van der Waals surface area contributed by atoms with E-state index in [4.69, 9.17) is 23.2 Å². The summed E-state index contributed by atoms with van der Waals surface area (Å²) in [7, 11) is 0. The maximum absolute atomic E-state index is 9.90. The predicted octanol–water partition coefficient (Wildman–Crippen LogP) is 5.44. The van der Waals surface area contributed by atoms with Gasteiger partial charge in [-0.3, -0.25) is 10.1 Å². The Hall–Kier alpha value is -2.72. The number of nitrogens with one attached hydrogen (secondary N) is 1. The first kappa shape index (κ1) is 16.7. The van der Waals surface area contributed by atoms with Gasteiger partial charge in [-0.05, 0) is 29.8 Å². The zero-order chi connectivity index (χ0) is 18.1.